The van der Waals surface area contributed by atoms with Crippen LogP contribution in [0.5, 0.6) is 5.75 Å². The van der Waals surface area contributed by atoms with Crippen molar-refractivity contribution >= 4 is 5.69 Å². The van der Waals surface area contributed by atoms with Crippen molar-refractivity contribution in [3.8, 4) is 5.75 Å². The van der Waals surface area contributed by atoms with E-state index in [2.05, 4.69) is 0 Å². The first-order chi connectivity index (χ1) is 6.29. The second-order valence-electron chi connectivity index (χ2n) is 2.63. The van der Waals surface area contributed by atoms with Gasteiger partial charge in [-0.3, -0.25) is 10.1 Å². The van der Waals surface area contributed by atoms with Crippen LogP contribution in [-0.4, -0.2) is 11.7 Å². The van der Waals surface area contributed by atoms with Crippen LogP contribution in [0, 0.1) is 10.1 Å². The predicted octanol–water partition coefficient (Wildman–Crippen LogP) is 1.46. The number of para-hydroxylation sites is 1. The zero-order valence-electron chi connectivity index (χ0n) is 6.73. The normalized spacial score (nSPS) is 14.5. The van der Waals surface area contributed by atoms with Gasteiger partial charge in [0.05, 0.1) is 11.5 Å². The first kappa shape index (κ1) is 8.00. The van der Waals surface area contributed by atoms with Gasteiger partial charge in [-0.1, -0.05) is 12.1 Å². The predicted molar refractivity (Wildman–Crippen MR) is 43.4 cm³/mol. The molecule has 1 heterocycles. The van der Waals surface area contributed by atoms with E-state index in [0.29, 0.717) is 12.4 Å². The molecule has 0 bridgehead atoms. The summed E-state index contributed by atoms with van der Waals surface area (Å²) in [5.74, 6) is 0.332. The van der Waals surface area contributed by atoms with E-state index in [1.165, 1.54) is 6.07 Å². The van der Waals surface area contributed by atoms with Gasteiger partial charge in [-0.2, -0.15) is 0 Å². The lowest BCUT2D eigenvalue weighted by atomic mass is 10.2. The Morgan fingerprint density at radius 1 is 1.46 bits per heavy atom. The van der Waals surface area contributed by atoms with Gasteiger partial charge in [0.2, 0.25) is 5.75 Å². The molecule has 0 fully saturated rings. The van der Waals surface area contributed by atoms with Gasteiger partial charge in [0.15, 0.2) is 6.79 Å². The van der Waals surface area contributed by atoms with E-state index in [1.807, 2.05) is 0 Å². The fraction of sp³-hybridized carbons (Fsp3) is 0.250. The Bertz CT molecular complexity index is 350. The molecule has 5 nitrogen and oxygen atoms in total. The van der Waals surface area contributed by atoms with Crippen LogP contribution in [0.1, 0.15) is 5.56 Å². The quantitative estimate of drug-likeness (QED) is 0.486. The van der Waals surface area contributed by atoms with Gasteiger partial charge in [0.1, 0.15) is 0 Å². The minimum Gasteiger partial charge on any atom is -0.460 e. The van der Waals surface area contributed by atoms with Crippen LogP contribution in [0.2, 0.25) is 0 Å². The Hall–Kier alpha value is -1.62. The SMILES string of the molecule is O=[N+]([O-])c1cccc2c1OCOC2. The summed E-state index contributed by atoms with van der Waals surface area (Å²) in [7, 11) is 0. The van der Waals surface area contributed by atoms with Crippen LogP contribution in [-0.2, 0) is 11.3 Å². The Kier molecular flexibility index (Phi) is 1.86. The number of nitro groups is 1. The van der Waals surface area contributed by atoms with Crippen molar-refractivity contribution in [2.24, 2.45) is 0 Å². The molecule has 5 heteroatoms. The Morgan fingerprint density at radius 2 is 2.31 bits per heavy atom. The van der Waals surface area contributed by atoms with E-state index in [1.54, 1.807) is 12.1 Å². The van der Waals surface area contributed by atoms with E-state index in [9.17, 15) is 10.1 Å². The smallest absolute Gasteiger partial charge is 0.311 e. The fourth-order valence-electron chi connectivity index (χ4n) is 1.25. The number of benzene rings is 1. The Labute approximate surface area is 74.0 Å². The molecule has 13 heavy (non-hydrogen) atoms. The van der Waals surface area contributed by atoms with Gasteiger partial charge in [0.25, 0.3) is 0 Å². The zero-order chi connectivity index (χ0) is 9.26. The fourth-order valence-corrected chi connectivity index (χ4v) is 1.25. The molecule has 68 valence electrons. The summed E-state index contributed by atoms with van der Waals surface area (Å²) in [6, 6.07) is 4.79. The largest absolute Gasteiger partial charge is 0.460 e. The Morgan fingerprint density at radius 3 is 3.08 bits per heavy atom. The highest BCUT2D eigenvalue weighted by molar-refractivity contribution is 5.51. The van der Waals surface area contributed by atoms with E-state index in [0.717, 1.165) is 5.56 Å². The molecule has 2 rings (SSSR count). The maximum absolute atomic E-state index is 10.6. The average molecular weight is 181 g/mol. The highest BCUT2D eigenvalue weighted by Gasteiger charge is 2.21. The molecule has 0 radical (unpaired) electrons. The van der Waals surface area contributed by atoms with Crippen LogP contribution in [0.3, 0.4) is 0 Å². The van der Waals surface area contributed by atoms with E-state index >= 15 is 0 Å². The number of hydrogen-bond donors (Lipinski definition) is 0. The highest BCUT2D eigenvalue weighted by atomic mass is 16.7. The third-order valence-electron chi connectivity index (χ3n) is 1.82. The summed E-state index contributed by atoms with van der Waals surface area (Å²) in [5.41, 5.74) is 0.723. The lowest BCUT2D eigenvalue weighted by Gasteiger charge is -2.16. The molecule has 0 saturated heterocycles. The average Bonchev–Trinajstić information content (AvgIpc) is 2.17. The van der Waals surface area contributed by atoms with E-state index in [4.69, 9.17) is 9.47 Å². The van der Waals surface area contributed by atoms with Gasteiger partial charge in [0, 0.05) is 11.6 Å². The van der Waals surface area contributed by atoms with Gasteiger partial charge in [-0.05, 0) is 0 Å². The molecule has 0 spiro atoms. The number of nitrogens with zero attached hydrogens (tertiary/aromatic N) is 1. The van der Waals surface area contributed by atoms with Crippen molar-refractivity contribution in [2.75, 3.05) is 6.79 Å². The monoisotopic (exact) mass is 181 g/mol. The summed E-state index contributed by atoms with van der Waals surface area (Å²) in [6.45, 7) is 0.453. The first-order valence-corrected chi connectivity index (χ1v) is 3.76. The van der Waals surface area contributed by atoms with Gasteiger partial charge >= 0.3 is 5.69 Å². The van der Waals surface area contributed by atoms with E-state index < -0.39 is 4.92 Å². The van der Waals surface area contributed by atoms with Crippen LogP contribution in [0.4, 0.5) is 5.69 Å². The van der Waals surface area contributed by atoms with Crippen LogP contribution in [0.25, 0.3) is 0 Å². The van der Waals surface area contributed by atoms with Crippen molar-refractivity contribution < 1.29 is 14.4 Å². The maximum atomic E-state index is 10.6. The van der Waals surface area contributed by atoms with E-state index in [-0.39, 0.29) is 12.5 Å². The van der Waals surface area contributed by atoms with Crippen molar-refractivity contribution in [1.82, 2.24) is 0 Å². The van der Waals surface area contributed by atoms with Gasteiger partial charge < -0.3 is 9.47 Å². The van der Waals surface area contributed by atoms with Crippen molar-refractivity contribution in [3.63, 3.8) is 0 Å². The summed E-state index contributed by atoms with van der Waals surface area (Å²) in [6.07, 6.45) is 0. The lowest BCUT2D eigenvalue weighted by molar-refractivity contribution is -0.386. The Balaban J connectivity index is 2.52. The minimum absolute atomic E-state index is 0.000741. The molecule has 1 aromatic carbocycles. The van der Waals surface area contributed by atoms with Gasteiger partial charge in [-0.25, -0.2) is 0 Å². The third-order valence-corrected chi connectivity index (χ3v) is 1.82. The molecule has 1 aliphatic rings. The molecule has 0 unspecified atom stereocenters. The summed E-state index contributed by atoms with van der Waals surface area (Å²) in [4.78, 5) is 10.1. The maximum Gasteiger partial charge on any atom is 0.311 e. The second-order valence-corrected chi connectivity index (χ2v) is 2.63. The third kappa shape index (κ3) is 1.33. The van der Waals surface area contributed by atoms with Crippen molar-refractivity contribution in [2.45, 2.75) is 6.61 Å². The van der Waals surface area contributed by atoms with Crippen molar-refractivity contribution in [1.29, 1.82) is 0 Å². The lowest BCUT2D eigenvalue weighted by Crippen LogP contribution is -2.12. The number of ether oxygens (including phenoxy) is 2. The second kappa shape index (κ2) is 3.02. The zero-order valence-corrected chi connectivity index (χ0v) is 6.73. The first-order valence-electron chi connectivity index (χ1n) is 3.76. The van der Waals surface area contributed by atoms with Gasteiger partial charge in [-0.15, -0.1) is 0 Å². The molecular weight excluding hydrogens is 174 g/mol. The number of nitro benzene ring substituents is 1. The number of hydrogen-bond acceptors (Lipinski definition) is 4. The van der Waals surface area contributed by atoms with Crippen LogP contribution < -0.4 is 4.74 Å². The molecule has 0 N–H and O–H groups in total. The standard InChI is InChI=1S/C8H7NO4/c10-9(11)7-3-1-2-6-4-12-5-13-8(6)7/h1-3H,4-5H2. The number of rotatable bonds is 1. The molecule has 0 atom stereocenters. The number of fused-ring (bicyclic) bond motifs is 1. The van der Waals surface area contributed by atoms with Crippen molar-refractivity contribution in [3.05, 3.63) is 33.9 Å². The summed E-state index contributed by atoms with van der Waals surface area (Å²) >= 11 is 0. The molecule has 0 amide bonds. The van der Waals surface area contributed by atoms with Crippen LogP contribution >= 0.6 is 0 Å². The molecule has 1 aromatic rings. The topological polar surface area (TPSA) is 61.6 Å². The molecule has 0 saturated carbocycles. The molecule has 1 aliphatic heterocycles. The molecular formula is C8H7NO4. The highest BCUT2D eigenvalue weighted by Crippen LogP contribution is 2.33. The molecule has 0 aromatic heterocycles. The summed E-state index contributed by atoms with van der Waals surface area (Å²) in [5, 5.41) is 10.6. The van der Waals surface area contributed by atoms with Crippen LogP contribution in [0.15, 0.2) is 18.2 Å². The minimum atomic E-state index is -0.454. The summed E-state index contributed by atoms with van der Waals surface area (Å²) < 4.78 is 10.0. The molecule has 0 aliphatic carbocycles.